The van der Waals surface area contributed by atoms with Crippen molar-refractivity contribution in [3.05, 3.63) is 0 Å². The molecule has 0 unspecified atom stereocenters. The summed E-state index contributed by atoms with van der Waals surface area (Å²) in [6.07, 6.45) is 0. The standard InChI is InChI=1S/Ba.H3O4P.H2S/c;1-5(2,3)4;/h;(H3,1,2,3,4);1H2/q+2;;/p-2. The summed E-state index contributed by atoms with van der Waals surface area (Å²) in [6, 6.07) is 0. The van der Waals surface area contributed by atoms with Crippen molar-refractivity contribution >= 4 is 70.2 Å². The molecule has 0 aliphatic carbocycles. The Hall–Kier alpha value is 2.03. The van der Waals surface area contributed by atoms with E-state index in [2.05, 4.69) is 0 Å². The summed E-state index contributed by atoms with van der Waals surface area (Å²) in [6.45, 7) is 0. The molecule has 0 saturated carbocycles. The normalized spacial score (nSPS) is 8.43. The largest absolute Gasteiger partial charge is 2.00 e. The average Bonchev–Trinajstić information content (AvgIpc) is 0.722. The van der Waals surface area contributed by atoms with Crippen LogP contribution < -0.4 is 9.79 Å². The van der Waals surface area contributed by atoms with Crippen LogP contribution in [0.15, 0.2) is 0 Å². The molecule has 40 valence electrons. The van der Waals surface area contributed by atoms with Crippen LogP contribution in [0.5, 0.6) is 0 Å². The van der Waals surface area contributed by atoms with Crippen LogP contribution in [0.25, 0.3) is 0 Å². The molecule has 0 radical (unpaired) electrons. The van der Waals surface area contributed by atoms with Gasteiger partial charge in [0.05, 0.1) is 7.82 Å². The molecule has 0 fully saturated rings. The first-order valence-corrected chi connectivity index (χ1v) is 2.24. The van der Waals surface area contributed by atoms with Gasteiger partial charge in [-0.3, -0.25) is 0 Å². The first-order chi connectivity index (χ1) is 2.00. The summed E-state index contributed by atoms with van der Waals surface area (Å²) < 4.78 is 8.66. The molecule has 0 rings (SSSR count). The minimum absolute atomic E-state index is 0. The number of rotatable bonds is 0. The van der Waals surface area contributed by atoms with Gasteiger partial charge in [-0.2, -0.15) is 13.5 Å². The van der Waals surface area contributed by atoms with E-state index in [-0.39, 0.29) is 62.4 Å². The summed E-state index contributed by atoms with van der Waals surface area (Å²) in [7, 11) is -5.14. The van der Waals surface area contributed by atoms with Gasteiger partial charge in [0.25, 0.3) is 0 Å². The van der Waals surface area contributed by atoms with Crippen LogP contribution in [-0.4, -0.2) is 53.8 Å². The minimum atomic E-state index is -5.14. The maximum atomic E-state index is 8.66. The van der Waals surface area contributed by atoms with Crippen molar-refractivity contribution in [2.75, 3.05) is 0 Å². The van der Waals surface area contributed by atoms with Crippen LogP contribution in [0.2, 0.25) is 0 Å². The first kappa shape index (κ1) is 16.0. The summed E-state index contributed by atoms with van der Waals surface area (Å²) in [5.41, 5.74) is 0. The zero-order chi connectivity index (χ0) is 4.50. The molecule has 0 heterocycles. The smallest absolute Gasteiger partial charge is 0.790 e. The zero-order valence-corrected chi connectivity index (χ0v) is 9.66. The van der Waals surface area contributed by atoms with E-state index >= 15 is 0 Å². The van der Waals surface area contributed by atoms with Gasteiger partial charge in [-0.1, -0.05) is 0 Å². The van der Waals surface area contributed by atoms with Crippen LogP contribution in [0.1, 0.15) is 0 Å². The SMILES string of the molecule is O=P([O-])([O-])O.S.[Ba+2]. The van der Waals surface area contributed by atoms with Gasteiger partial charge in [-0.15, -0.1) is 0 Å². The Morgan fingerprint density at radius 3 is 1.43 bits per heavy atom. The third kappa shape index (κ3) is 70.8. The third-order valence-electron chi connectivity index (χ3n) is 0. The molecular formula is H3BaO4PS. The molecule has 0 aromatic rings. The Kier molecular flexibility index (Phi) is 14.1. The number of hydrogen-bond donors (Lipinski definition) is 1. The van der Waals surface area contributed by atoms with Crippen molar-refractivity contribution in [3.8, 4) is 0 Å². The Morgan fingerprint density at radius 2 is 1.43 bits per heavy atom. The second-order valence-electron chi connectivity index (χ2n) is 0.469. The third-order valence-corrected chi connectivity index (χ3v) is 0. The molecule has 4 nitrogen and oxygen atoms in total. The Labute approximate surface area is 88.1 Å². The Morgan fingerprint density at radius 1 is 1.43 bits per heavy atom. The van der Waals surface area contributed by atoms with Crippen molar-refractivity contribution in [2.24, 2.45) is 0 Å². The number of hydrogen-bond acceptors (Lipinski definition) is 3. The van der Waals surface area contributed by atoms with E-state index in [1.165, 1.54) is 0 Å². The molecule has 0 aromatic heterocycles. The van der Waals surface area contributed by atoms with E-state index in [1.54, 1.807) is 0 Å². The topological polar surface area (TPSA) is 83.4 Å². The molecule has 0 atom stereocenters. The molecule has 7 heteroatoms. The van der Waals surface area contributed by atoms with Gasteiger partial charge in [0, 0.05) is 0 Å². The summed E-state index contributed by atoms with van der Waals surface area (Å²) in [5, 5.41) is 0. The van der Waals surface area contributed by atoms with Crippen molar-refractivity contribution in [1.29, 1.82) is 0 Å². The van der Waals surface area contributed by atoms with Gasteiger partial charge in [0.1, 0.15) is 0 Å². The van der Waals surface area contributed by atoms with Gasteiger partial charge < -0.3 is 19.2 Å². The van der Waals surface area contributed by atoms with Gasteiger partial charge in [-0.05, 0) is 0 Å². The average molecular weight is 267 g/mol. The molecular weight excluding hydrogens is 264 g/mol. The Balaban J connectivity index is -0.0000000800. The molecule has 0 aliphatic rings. The maximum Gasteiger partial charge on any atom is 2.00 e. The van der Waals surface area contributed by atoms with Crippen LogP contribution in [-0.2, 0) is 4.57 Å². The fourth-order valence-corrected chi connectivity index (χ4v) is 0. The van der Waals surface area contributed by atoms with Gasteiger partial charge >= 0.3 is 48.9 Å². The van der Waals surface area contributed by atoms with Crippen LogP contribution in [0.4, 0.5) is 0 Å². The van der Waals surface area contributed by atoms with Crippen molar-refractivity contribution in [2.45, 2.75) is 0 Å². The summed E-state index contributed by atoms with van der Waals surface area (Å²) in [5.74, 6) is 0. The zero-order valence-electron chi connectivity index (χ0n) is 3.33. The minimum Gasteiger partial charge on any atom is -0.790 e. The van der Waals surface area contributed by atoms with Crippen molar-refractivity contribution in [1.82, 2.24) is 0 Å². The fourth-order valence-electron chi connectivity index (χ4n) is 0. The number of phosphoric acid groups is 1. The first-order valence-electron chi connectivity index (χ1n) is 0.748. The van der Waals surface area contributed by atoms with Gasteiger partial charge in [-0.25, -0.2) is 0 Å². The van der Waals surface area contributed by atoms with Crippen LogP contribution in [0, 0.1) is 0 Å². The van der Waals surface area contributed by atoms with Crippen molar-refractivity contribution < 1.29 is 19.2 Å². The van der Waals surface area contributed by atoms with E-state index in [0.29, 0.717) is 0 Å². The van der Waals surface area contributed by atoms with E-state index in [1.807, 2.05) is 0 Å². The van der Waals surface area contributed by atoms with Crippen LogP contribution >= 0.6 is 21.3 Å². The molecule has 0 aliphatic heterocycles. The molecule has 0 spiro atoms. The molecule has 0 amide bonds. The van der Waals surface area contributed by atoms with Gasteiger partial charge in [0.15, 0.2) is 0 Å². The predicted octanol–water partition coefficient (Wildman–Crippen LogP) is -2.46. The maximum absolute atomic E-state index is 8.66. The molecule has 1 N–H and O–H groups in total. The van der Waals surface area contributed by atoms with Crippen molar-refractivity contribution in [3.63, 3.8) is 0 Å². The second kappa shape index (κ2) is 6.16. The fraction of sp³-hybridized carbons (Fsp3) is 0. The van der Waals surface area contributed by atoms with Gasteiger partial charge in [0.2, 0.25) is 0 Å². The molecule has 0 saturated heterocycles. The predicted molar refractivity (Wildman–Crippen MR) is 26.0 cm³/mol. The molecule has 7 heavy (non-hydrogen) atoms. The second-order valence-corrected chi connectivity index (χ2v) is 1.41. The van der Waals surface area contributed by atoms with E-state index in [4.69, 9.17) is 19.2 Å². The van der Waals surface area contributed by atoms with E-state index < -0.39 is 7.82 Å². The molecule has 0 aromatic carbocycles. The summed E-state index contributed by atoms with van der Waals surface area (Å²) >= 11 is 0. The monoisotopic (exact) mass is 268 g/mol. The van der Waals surface area contributed by atoms with E-state index in [9.17, 15) is 0 Å². The van der Waals surface area contributed by atoms with Crippen LogP contribution in [0.3, 0.4) is 0 Å². The Bertz CT molecular complexity index is 57.8. The molecule has 0 bridgehead atoms. The van der Waals surface area contributed by atoms with E-state index in [0.717, 1.165) is 0 Å². The quantitative estimate of drug-likeness (QED) is 0.390. The summed E-state index contributed by atoms with van der Waals surface area (Å²) in [4.78, 5) is 24.3.